The van der Waals surface area contributed by atoms with Crippen molar-refractivity contribution in [2.45, 2.75) is 6.92 Å². The first-order valence-corrected chi connectivity index (χ1v) is 5.60. The molecule has 0 bridgehead atoms. The summed E-state index contributed by atoms with van der Waals surface area (Å²) in [4.78, 5) is 11.9. The van der Waals surface area contributed by atoms with Crippen molar-refractivity contribution in [3.8, 4) is 0 Å². The van der Waals surface area contributed by atoms with Crippen LogP contribution in [0.25, 0.3) is 0 Å². The molecule has 3 N–H and O–H groups in total. The molecule has 0 heterocycles. The number of carbonyl (C=O) groups excluding carboxylic acids is 1. The third kappa shape index (κ3) is 2.88. The second kappa shape index (κ2) is 5.06. The van der Waals surface area contributed by atoms with Gasteiger partial charge in [0.2, 0.25) is 0 Å². The molecule has 0 aliphatic carbocycles. The van der Waals surface area contributed by atoms with E-state index in [2.05, 4.69) is 5.32 Å². The molecule has 0 radical (unpaired) electrons. The van der Waals surface area contributed by atoms with Crippen LogP contribution >= 0.6 is 0 Å². The number of nitrogens with one attached hydrogen (secondary N) is 1. The molecular formula is C14H12F2N2O. The second-order valence-electron chi connectivity index (χ2n) is 4.17. The lowest BCUT2D eigenvalue weighted by Crippen LogP contribution is -2.15. The summed E-state index contributed by atoms with van der Waals surface area (Å²) in [5, 5.41) is 2.39. The fourth-order valence-electron chi connectivity index (χ4n) is 1.64. The quantitative estimate of drug-likeness (QED) is 0.817. The van der Waals surface area contributed by atoms with Crippen molar-refractivity contribution < 1.29 is 13.6 Å². The van der Waals surface area contributed by atoms with Crippen LogP contribution in [0.2, 0.25) is 0 Å². The lowest BCUT2D eigenvalue weighted by atomic mass is 10.1. The number of hydrogen-bond acceptors (Lipinski definition) is 2. The van der Waals surface area contributed by atoms with Gasteiger partial charge in [-0.2, -0.15) is 0 Å². The summed E-state index contributed by atoms with van der Waals surface area (Å²) < 4.78 is 26.6. The monoisotopic (exact) mass is 262 g/mol. The topological polar surface area (TPSA) is 55.1 Å². The van der Waals surface area contributed by atoms with Gasteiger partial charge in [-0.1, -0.05) is 11.6 Å². The molecule has 0 saturated heterocycles. The number of halogens is 2. The van der Waals surface area contributed by atoms with Gasteiger partial charge in [-0.05, 0) is 37.3 Å². The Morgan fingerprint density at radius 1 is 1.16 bits per heavy atom. The van der Waals surface area contributed by atoms with Gasteiger partial charge in [-0.15, -0.1) is 0 Å². The van der Waals surface area contributed by atoms with E-state index < -0.39 is 17.5 Å². The van der Waals surface area contributed by atoms with Gasteiger partial charge in [0.1, 0.15) is 11.6 Å². The van der Waals surface area contributed by atoms with E-state index in [1.165, 1.54) is 24.3 Å². The highest BCUT2D eigenvalue weighted by molar-refractivity contribution is 6.06. The Hall–Kier alpha value is -2.43. The normalized spacial score (nSPS) is 10.3. The number of rotatable bonds is 2. The zero-order valence-electron chi connectivity index (χ0n) is 10.2. The molecule has 1 amide bonds. The highest BCUT2D eigenvalue weighted by atomic mass is 19.1. The van der Waals surface area contributed by atoms with E-state index in [0.29, 0.717) is 0 Å². The minimum atomic E-state index is -0.668. The fraction of sp³-hybridized carbons (Fsp3) is 0.0714. The Kier molecular flexibility index (Phi) is 3.46. The second-order valence-corrected chi connectivity index (χ2v) is 4.17. The predicted molar refractivity (Wildman–Crippen MR) is 69.9 cm³/mol. The first-order valence-electron chi connectivity index (χ1n) is 5.60. The third-order valence-corrected chi connectivity index (χ3v) is 2.63. The average Bonchev–Trinajstić information content (AvgIpc) is 2.36. The highest BCUT2D eigenvalue weighted by Gasteiger charge is 2.13. The molecule has 2 aromatic rings. The van der Waals surface area contributed by atoms with Gasteiger partial charge in [0.15, 0.2) is 0 Å². The van der Waals surface area contributed by atoms with Crippen LogP contribution in [0.15, 0.2) is 36.4 Å². The van der Waals surface area contributed by atoms with Crippen LogP contribution < -0.4 is 11.1 Å². The standard InChI is InChI=1S/C14H12F2N2O/c1-8-2-4-11(16)10(6-8)14(19)18-13-7-9(15)3-5-12(13)17/h2-7H,17H2,1H3,(H,18,19). The number of amides is 1. The van der Waals surface area contributed by atoms with Crippen LogP contribution in [0.3, 0.4) is 0 Å². The molecule has 3 nitrogen and oxygen atoms in total. The minimum absolute atomic E-state index is 0.108. The van der Waals surface area contributed by atoms with Gasteiger partial charge in [-0.3, -0.25) is 4.79 Å². The molecule has 0 spiro atoms. The van der Waals surface area contributed by atoms with Crippen LogP contribution in [0, 0.1) is 18.6 Å². The Balaban J connectivity index is 2.30. The number of carbonyl (C=O) groups is 1. The van der Waals surface area contributed by atoms with Gasteiger partial charge in [0, 0.05) is 0 Å². The molecule has 0 aromatic heterocycles. The maximum Gasteiger partial charge on any atom is 0.258 e. The predicted octanol–water partition coefficient (Wildman–Crippen LogP) is 3.11. The van der Waals surface area contributed by atoms with Crippen molar-refractivity contribution in [3.63, 3.8) is 0 Å². The van der Waals surface area contributed by atoms with Gasteiger partial charge in [0.25, 0.3) is 5.91 Å². The van der Waals surface area contributed by atoms with E-state index in [-0.39, 0.29) is 16.9 Å². The Bertz CT molecular complexity index is 641. The summed E-state index contributed by atoms with van der Waals surface area (Å²) in [6, 6.07) is 7.78. The number of anilines is 2. The molecule has 0 unspecified atom stereocenters. The van der Waals surface area contributed by atoms with Crippen molar-refractivity contribution >= 4 is 17.3 Å². The SMILES string of the molecule is Cc1ccc(F)c(C(=O)Nc2cc(F)ccc2N)c1. The zero-order chi connectivity index (χ0) is 14.0. The molecule has 0 fully saturated rings. The Morgan fingerprint density at radius 3 is 2.63 bits per heavy atom. The van der Waals surface area contributed by atoms with Gasteiger partial charge < -0.3 is 11.1 Å². The third-order valence-electron chi connectivity index (χ3n) is 2.63. The van der Waals surface area contributed by atoms with E-state index >= 15 is 0 Å². The molecule has 2 aromatic carbocycles. The van der Waals surface area contributed by atoms with Crippen molar-refractivity contribution in [1.82, 2.24) is 0 Å². The molecule has 19 heavy (non-hydrogen) atoms. The van der Waals surface area contributed by atoms with Crippen molar-refractivity contribution in [2.75, 3.05) is 11.1 Å². The highest BCUT2D eigenvalue weighted by Crippen LogP contribution is 2.21. The number of benzene rings is 2. The largest absolute Gasteiger partial charge is 0.397 e. The molecule has 98 valence electrons. The Morgan fingerprint density at radius 2 is 1.89 bits per heavy atom. The summed E-state index contributed by atoms with van der Waals surface area (Å²) in [7, 11) is 0. The molecule has 2 rings (SSSR count). The molecule has 5 heteroatoms. The number of hydrogen-bond donors (Lipinski definition) is 2. The van der Waals surface area contributed by atoms with Crippen LogP contribution in [0.1, 0.15) is 15.9 Å². The zero-order valence-corrected chi connectivity index (χ0v) is 10.2. The van der Waals surface area contributed by atoms with E-state index in [1.54, 1.807) is 13.0 Å². The summed E-state index contributed by atoms with van der Waals surface area (Å²) in [5.41, 5.74) is 6.58. The summed E-state index contributed by atoms with van der Waals surface area (Å²) >= 11 is 0. The molecular weight excluding hydrogens is 250 g/mol. The summed E-state index contributed by atoms with van der Waals surface area (Å²) in [6.45, 7) is 1.74. The minimum Gasteiger partial charge on any atom is -0.397 e. The van der Waals surface area contributed by atoms with E-state index in [0.717, 1.165) is 11.6 Å². The van der Waals surface area contributed by atoms with E-state index in [9.17, 15) is 13.6 Å². The average molecular weight is 262 g/mol. The lowest BCUT2D eigenvalue weighted by molar-refractivity contribution is 0.102. The molecule has 0 atom stereocenters. The van der Waals surface area contributed by atoms with E-state index in [1.807, 2.05) is 0 Å². The van der Waals surface area contributed by atoms with Crippen LogP contribution in [0.4, 0.5) is 20.2 Å². The summed E-state index contributed by atoms with van der Waals surface area (Å²) in [5.74, 6) is -1.84. The summed E-state index contributed by atoms with van der Waals surface area (Å²) in [6.07, 6.45) is 0. The van der Waals surface area contributed by atoms with Crippen molar-refractivity contribution in [1.29, 1.82) is 0 Å². The Labute approximate surface area is 109 Å². The van der Waals surface area contributed by atoms with E-state index in [4.69, 9.17) is 5.73 Å². The number of aryl methyl sites for hydroxylation is 1. The molecule has 0 aliphatic heterocycles. The van der Waals surface area contributed by atoms with Gasteiger partial charge >= 0.3 is 0 Å². The van der Waals surface area contributed by atoms with Gasteiger partial charge in [0.05, 0.1) is 16.9 Å². The van der Waals surface area contributed by atoms with Crippen molar-refractivity contribution in [3.05, 3.63) is 59.2 Å². The maximum atomic E-state index is 13.5. The van der Waals surface area contributed by atoms with Crippen molar-refractivity contribution in [2.24, 2.45) is 0 Å². The van der Waals surface area contributed by atoms with Crippen LogP contribution in [-0.4, -0.2) is 5.91 Å². The fourth-order valence-corrected chi connectivity index (χ4v) is 1.64. The van der Waals surface area contributed by atoms with Crippen LogP contribution in [0.5, 0.6) is 0 Å². The number of nitrogen functional groups attached to an aromatic ring is 1. The molecule has 0 saturated carbocycles. The first-order chi connectivity index (χ1) is 8.97. The first kappa shape index (κ1) is 13.0. The number of nitrogens with two attached hydrogens (primary N) is 1. The van der Waals surface area contributed by atoms with Gasteiger partial charge in [-0.25, -0.2) is 8.78 Å². The smallest absolute Gasteiger partial charge is 0.258 e. The van der Waals surface area contributed by atoms with Crippen LogP contribution in [-0.2, 0) is 0 Å². The maximum absolute atomic E-state index is 13.5. The molecule has 0 aliphatic rings. The lowest BCUT2D eigenvalue weighted by Gasteiger charge is -2.09.